The average Bonchev–Trinajstić information content (AvgIpc) is 3.10. The Hall–Kier alpha value is -3.65. The average molecular weight is 451 g/mol. The number of nitrogens with zero attached hydrogens (tertiary/aromatic N) is 2. The normalized spacial score (nSPS) is 11.7. The van der Waals surface area contributed by atoms with Crippen LogP contribution in [0.25, 0.3) is 10.9 Å². The number of hydrogen-bond donors (Lipinski definition) is 1. The van der Waals surface area contributed by atoms with E-state index in [-0.39, 0.29) is 16.3 Å². The SMILES string of the molecule is Cc1ccc(S(=O)(=O)n2cc(Cc3cc(C)c(O)c(C)c3)c3cc([N+](=O)[O-])ccc32)cc1. The second-order valence-electron chi connectivity index (χ2n) is 7.98. The molecule has 0 aliphatic heterocycles. The van der Waals surface area contributed by atoms with E-state index in [1.807, 2.05) is 19.1 Å². The maximum atomic E-state index is 13.4. The van der Waals surface area contributed by atoms with Crippen molar-refractivity contribution >= 4 is 26.6 Å². The first-order chi connectivity index (χ1) is 15.1. The number of fused-ring (bicyclic) bond motifs is 1. The van der Waals surface area contributed by atoms with Crippen molar-refractivity contribution in [3.8, 4) is 5.75 Å². The van der Waals surface area contributed by atoms with Crippen molar-refractivity contribution in [1.82, 2.24) is 3.97 Å². The maximum absolute atomic E-state index is 13.4. The predicted molar refractivity (Wildman–Crippen MR) is 123 cm³/mol. The van der Waals surface area contributed by atoms with E-state index in [0.29, 0.717) is 34.0 Å². The molecule has 0 fully saturated rings. The fraction of sp³-hybridized carbons (Fsp3) is 0.167. The van der Waals surface area contributed by atoms with Gasteiger partial charge in [-0.2, -0.15) is 0 Å². The number of hydrogen-bond acceptors (Lipinski definition) is 5. The van der Waals surface area contributed by atoms with Gasteiger partial charge < -0.3 is 5.11 Å². The summed E-state index contributed by atoms with van der Waals surface area (Å²) in [7, 11) is -3.90. The molecule has 0 saturated carbocycles. The van der Waals surface area contributed by atoms with Gasteiger partial charge in [-0.3, -0.25) is 10.1 Å². The molecular weight excluding hydrogens is 428 g/mol. The number of nitro benzene ring substituents is 1. The highest BCUT2D eigenvalue weighted by Gasteiger charge is 2.23. The molecule has 164 valence electrons. The minimum absolute atomic E-state index is 0.109. The van der Waals surface area contributed by atoms with E-state index in [9.17, 15) is 23.6 Å². The molecule has 0 atom stereocenters. The smallest absolute Gasteiger partial charge is 0.270 e. The van der Waals surface area contributed by atoms with Crippen LogP contribution < -0.4 is 0 Å². The van der Waals surface area contributed by atoms with E-state index in [2.05, 4.69) is 0 Å². The first kappa shape index (κ1) is 21.6. The van der Waals surface area contributed by atoms with Gasteiger partial charge in [0.2, 0.25) is 0 Å². The minimum Gasteiger partial charge on any atom is -0.507 e. The van der Waals surface area contributed by atoms with Crippen molar-refractivity contribution in [2.75, 3.05) is 0 Å². The first-order valence-electron chi connectivity index (χ1n) is 9.97. The lowest BCUT2D eigenvalue weighted by atomic mass is 9.99. The van der Waals surface area contributed by atoms with Crippen LogP contribution in [0.2, 0.25) is 0 Å². The number of rotatable bonds is 5. The van der Waals surface area contributed by atoms with Crippen molar-refractivity contribution in [3.63, 3.8) is 0 Å². The number of nitro groups is 1. The molecule has 0 radical (unpaired) electrons. The van der Waals surface area contributed by atoms with Crippen LogP contribution >= 0.6 is 0 Å². The van der Waals surface area contributed by atoms with Crippen LogP contribution in [-0.2, 0) is 16.4 Å². The highest BCUT2D eigenvalue weighted by molar-refractivity contribution is 7.90. The number of aromatic nitrogens is 1. The Kier molecular flexibility index (Phi) is 5.26. The molecular formula is C24H22N2O5S. The van der Waals surface area contributed by atoms with Crippen LogP contribution in [0, 0.1) is 30.9 Å². The van der Waals surface area contributed by atoms with Crippen LogP contribution in [-0.4, -0.2) is 22.4 Å². The number of aryl methyl sites for hydroxylation is 3. The molecule has 4 rings (SSSR count). The van der Waals surface area contributed by atoms with Crippen molar-refractivity contribution in [2.24, 2.45) is 0 Å². The second kappa shape index (κ2) is 7.80. The summed E-state index contributed by atoms with van der Waals surface area (Å²) in [6.07, 6.45) is 1.89. The molecule has 0 amide bonds. The Bertz CT molecular complexity index is 1450. The van der Waals surface area contributed by atoms with Crippen molar-refractivity contribution in [3.05, 3.63) is 98.7 Å². The van der Waals surface area contributed by atoms with Crippen molar-refractivity contribution in [2.45, 2.75) is 32.1 Å². The molecule has 32 heavy (non-hydrogen) atoms. The van der Waals surface area contributed by atoms with Crippen LogP contribution in [0.5, 0.6) is 5.75 Å². The second-order valence-corrected chi connectivity index (χ2v) is 9.80. The van der Waals surface area contributed by atoms with Crippen LogP contribution in [0.3, 0.4) is 0 Å². The van der Waals surface area contributed by atoms with Crippen LogP contribution in [0.1, 0.15) is 27.8 Å². The fourth-order valence-electron chi connectivity index (χ4n) is 3.90. The monoisotopic (exact) mass is 450 g/mol. The van der Waals surface area contributed by atoms with Gasteiger partial charge in [0.15, 0.2) is 0 Å². The van der Waals surface area contributed by atoms with E-state index >= 15 is 0 Å². The number of benzene rings is 3. The summed E-state index contributed by atoms with van der Waals surface area (Å²) in [5.74, 6) is 0.216. The maximum Gasteiger partial charge on any atom is 0.270 e. The molecule has 0 spiro atoms. The molecule has 3 aromatic carbocycles. The van der Waals surface area contributed by atoms with Crippen LogP contribution in [0.4, 0.5) is 5.69 Å². The largest absolute Gasteiger partial charge is 0.507 e. The Balaban J connectivity index is 1.92. The number of aromatic hydroxyl groups is 1. The Morgan fingerprint density at radius 2 is 1.59 bits per heavy atom. The van der Waals surface area contributed by atoms with Crippen molar-refractivity contribution < 1.29 is 18.4 Å². The molecule has 0 saturated heterocycles. The van der Waals surface area contributed by atoms with Gasteiger partial charge in [-0.1, -0.05) is 29.8 Å². The molecule has 0 aliphatic carbocycles. The number of phenols is 1. The topological polar surface area (TPSA) is 102 Å². The van der Waals surface area contributed by atoms with E-state index < -0.39 is 14.9 Å². The summed E-state index contributed by atoms with van der Waals surface area (Å²) < 4.78 is 28.0. The Morgan fingerprint density at radius 3 is 2.19 bits per heavy atom. The highest BCUT2D eigenvalue weighted by Crippen LogP contribution is 2.32. The van der Waals surface area contributed by atoms with Gasteiger partial charge in [0, 0.05) is 23.7 Å². The quantitative estimate of drug-likeness (QED) is 0.340. The summed E-state index contributed by atoms with van der Waals surface area (Å²) in [6, 6.07) is 14.4. The molecule has 1 aromatic heterocycles. The number of non-ortho nitro benzene ring substituents is 1. The first-order valence-corrected chi connectivity index (χ1v) is 11.4. The molecule has 1 N–H and O–H groups in total. The third-order valence-corrected chi connectivity index (χ3v) is 7.26. The Morgan fingerprint density at radius 1 is 0.969 bits per heavy atom. The van der Waals surface area contributed by atoms with Gasteiger partial charge in [0.1, 0.15) is 5.75 Å². The molecule has 0 bridgehead atoms. The zero-order chi connectivity index (χ0) is 23.2. The lowest BCUT2D eigenvalue weighted by Crippen LogP contribution is -2.11. The third kappa shape index (κ3) is 3.73. The van der Waals surface area contributed by atoms with E-state index in [0.717, 1.165) is 11.1 Å². The molecule has 8 heteroatoms. The molecule has 1 heterocycles. The molecule has 4 aromatic rings. The zero-order valence-electron chi connectivity index (χ0n) is 17.9. The number of phenolic OH excluding ortho intramolecular Hbond substituents is 1. The zero-order valence-corrected chi connectivity index (χ0v) is 18.7. The third-order valence-electron chi connectivity index (χ3n) is 5.57. The highest BCUT2D eigenvalue weighted by atomic mass is 32.2. The van der Waals surface area contributed by atoms with Gasteiger partial charge >= 0.3 is 0 Å². The van der Waals surface area contributed by atoms with E-state index in [4.69, 9.17) is 0 Å². The summed E-state index contributed by atoms with van der Waals surface area (Å²) in [5.41, 5.74) is 4.14. The summed E-state index contributed by atoms with van der Waals surface area (Å²) in [5, 5.41) is 21.9. The van der Waals surface area contributed by atoms with Gasteiger partial charge in [-0.25, -0.2) is 12.4 Å². The summed E-state index contributed by atoms with van der Waals surface area (Å²) >= 11 is 0. The van der Waals surface area contributed by atoms with Gasteiger partial charge in [0.05, 0.1) is 15.3 Å². The van der Waals surface area contributed by atoms with Crippen molar-refractivity contribution in [1.29, 1.82) is 0 Å². The predicted octanol–water partition coefficient (Wildman–Crippen LogP) is 5.01. The molecule has 0 unspecified atom stereocenters. The molecule has 7 nitrogen and oxygen atoms in total. The summed E-state index contributed by atoms with van der Waals surface area (Å²) in [4.78, 5) is 11.0. The van der Waals surface area contributed by atoms with Gasteiger partial charge in [-0.05, 0) is 67.6 Å². The lowest BCUT2D eigenvalue weighted by Gasteiger charge is -2.08. The van der Waals surface area contributed by atoms with Gasteiger partial charge in [-0.15, -0.1) is 0 Å². The standard InChI is InChI=1S/C24H22N2O5S/c1-15-4-7-21(8-5-15)32(30,31)25-14-19(12-18-10-16(2)24(27)17(3)11-18)22-13-20(26(28)29)6-9-23(22)25/h4-11,13-14,27H,12H2,1-3H3. The fourth-order valence-corrected chi connectivity index (χ4v) is 5.29. The Labute approximate surface area is 185 Å². The minimum atomic E-state index is -3.90. The summed E-state index contributed by atoms with van der Waals surface area (Å²) in [6.45, 7) is 5.46. The van der Waals surface area contributed by atoms with E-state index in [1.54, 1.807) is 38.1 Å². The van der Waals surface area contributed by atoms with Gasteiger partial charge in [0.25, 0.3) is 15.7 Å². The van der Waals surface area contributed by atoms with Crippen LogP contribution in [0.15, 0.2) is 65.7 Å². The van der Waals surface area contributed by atoms with E-state index in [1.165, 1.54) is 28.4 Å². The molecule has 0 aliphatic rings. The lowest BCUT2D eigenvalue weighted by molar-refractivity contribution is -0.384.